The molecule has 2 aliphatic carbocycles. The molecule has 1 unspecified atom stereocenters. The molecule has 1 aromatic rings. The maximum Gasteiger partial charge on any atom is 0.303 e. The molecule has 4 rings (SSSR count). The van der Waals surface area contributed by atoms with E-state index >= 15 is 0 Å². The molecule has 0 aromatic carbocycles. The number of ether oxygens (including phenoxy) is 2. The highest BCUT2D eigenvalue weighted by Gasteiger charge is 2.66. The summed E-state index contributed by atoms with van der Waals surface area (Å²) in [6.45, 7) is 6.42. The minimum absolute atomic E-state index is 0.0477. The number of ketones is 2. The average molecular weight is 418 g/mol. The Kier molecular flexibility index (Phi) is 5.39. The molecule has 1 aromatic heterocycles. The zero-order valence-corrected chi connectivity index (χ0v) is 18.1. The van der Waals surface area contributed by atoms with E-state index in [-0.39, 0.29) is 35.4 Å². The second-order valence-corrected chi connectivity index (χ2v) is 9.71. The maximum atomic E-state index is 13.7. The normalized spacial score (nSPS) is 41.1. The van der Waals surface area contributed by atoms with Crippen LogP contribution in [0, 0.1) is 28.6 Å². The lowest BCUT2D eigenvalue weighted by atomic mass is 9.43. The van der Waals surface area contributed by atoms with Crippen LogP contribution in [0.1, 0.15) is 51.7 Å². The van der Waals surface area contributed by atoms with Crippen molar-refractivity contribution in [1.29, 1.82) is 0 Å². The van der Waals surface area contributed by atoms with Crippen molar-refractivity contribution in [2.45, 2.75) is 52.2 Å². The first kappa shape index (κ1) is 21.2. The first-order chi connectivity index (χ1) is 14.2. The standard InChI is InChI=1S/C23H31NO6/c1-13(25)30-18-7-15(10-24-4)22(2)8-17(26)16-12-29-19(14-5-6-28-11-14)9-23(16,3)21(22)20(18)27/h5-6,11,15-16,18-19,21,24H,7-10,12H2,1-4H3/t15-,16-,18-,19-,21-,22-,23?/m0/s1. The first-order valence-corrected chi connectivity index (χ1v) is 10.7. The number of fused-ring (bicyclic) bond motifs is 3. The summed E-state index contributed by atoms with van der Waals surface area (Å²) in [6, 6.07) is 1.87. The van der Waals surface area contributed by atoms with Gasteiger partial charge in [0.1, 0.15) is 5.78 Å². The molecule has 2 heterocycles. The quantitative estimate of drug-likeness (QED) is 0.753. The van der Waals surface area contributed by atoms with Crippen LogP contribution in [0.3, 0.4) is 0 Å². The number of rotatable bonds is 4. The van der Waals surface area contributed by atoms with Gasteiger partial charge in [-0.25, -0.2) is 0 Å². The summed E-state index contributed by atoms with van der Waals surface area (Å²) < 4.78 is 16.8. The SMILES string of the molecule is CNC[C@@H]1C[C@H](OC(C)=O)C(=O)[C@@H]2C3(C)C[C@@H](c4ccoc4)OC[C@H]3C(=O)C[C@@]12C. The van der Waals surface area contributed by atoms with Crippen molar-refractivity contribution in [3.05, 3.63) is 24.2 Å². The van der Waals surface area contributed by atoms with Crippen molar-refractivity contribution >= 4 is 17.5 Å². The third kappa shape index (κ3) is 3.23. The number of esters is 1. The summed E-state index contributed by atoms with van der Waals surface area (Å²) in [5, 5.41) is 3.21. The number of carbonyl (C=O) groups excluding carboxylic acids is 3. The molecule has 0 radical (unpaired) electrons. The van der Waals surface area contributed by atoms with Crippen molar-refractivity contribution in [3.8, 4) is 0 Å². The van der Waals surface area contributed by atoms with Crippen LogP contribution >= 0.6 is 0 Å². The fourth-order valence-electron chi connectivity index (χ4n) is 6.54. The van der Waals surface area contributed by atoms with Gasteiger partial charge in [0.15, 0.2) is 11.9 Å². The largest absolute Gasteiger partial charge is 0.472 e. The summed E-state index contributed by atoms with van der Waals surface area (Å²) in [7, 11) is 1.87. The Hall–Kier alpha value is -1.99. The number of furan rings is 1. The van der Waals surface area contributed by atoms with E-state index in [2.05, 4.69) is 19.2 Å². The van der Waals surface area contributed by atoms with Gasteiger partial charge in [-0.3, -0.25) is 14.4 Å². The van der Waals surface area contributed by atoms with E-state index in [1.54, 1.807) is 12.5 Å². The third-order valence-corrected chi connectivity index (χ3v) is 7.85. The predicted octanol–water partition coefficient (Wildman–Crippen LogP) is 2.70. The lowest BCUT2D eigenvalue weighted by Crippen LogP contribution is -2.66. The molecule has 7 nitrogen and oxygen atoms in total. The number of hydrogen-bond acceptors (Lipinski definition) is 7. The van der Waals surface area contributed by atoms with Gasteiger partial charge in [-0.05, 0) is 49.2 Å². The van der Waals surface area contributed by atoms with Crippen LogP contribution in [0.2, 0.25) is 0 Å². The Balaban J connectivity index is 1.77. The molecule has 3 fully saturated rings. The Morgan fingerprint density at radius 2 is 2.07 bits per heavy atom. The van der Waals surface area contributed by atoms with Gasteiger partial charge in [-0.1, -0.05) is 13.8 Å². The van der Waals surface area contributed by atoms with Crippen molar-refractivity contribution in [2.75, 3.05) is 20.2 Å². The van der Waals surface area contributed by atoms with Crippen LogP contribution in [0.25, 0.3) is 0 Å². The van der Waals surface area contributed by atoms with Gasteiger partial charge >= 0.3 is 5.97 Å². The van der Waals surface area contributed by atoms with Gasteiger partial charge in [0.25, 0.3) is 0 Å². The molecule has 7 heteroatoms. The van der Waals surface area contributed by atoms with Crippen LogP contribution < -0.4 is 5.32 Å². The van der Waals surface area contributed by atoms with Crippen molar-refractivity contribution < 1.29 is 28.3 Å². The fourth-order valence-corrected chi connectivity index (χ4v) is 6.54. The molecule has 0 amide bonds. The van der Waals surface area contributed by atoms with E-state index in [1.807, 2.05) is 13.1 Å². The van der Waals surface area contributed by atoms with Gasteiger partial charge in [-0.15, -0.1) is 0 Å². The lowest BCUT2D eigenvalue weighted by Gasteiger charge is -2.61. The average Bonchev–Trinajstić information content (AvgIpc) is 3.19. The molecule has 1 saturated heterocycles. The number of nitrogens with one attached hydrogen (secondary N) is 1. The topological polar surface area (TPSA) is 94.8 Å². The molecular formula is C23H31NO6. The van der Waals surface area contributed by atoms with Crippen molar-refractivity contribution in [1.82, 2.24) is 5.32 Å². The number of carbonyl (C=O) groups is 3. The van der Waals surface area contributed by atoms with Gasteiger partial charge in [0.2, 0.25) is 0 Å². The van der Waals surface area contributed by atoms with E-state index in [0.29, 0.717) is 32.4 Å². The van der Waals surface area contributed by atoms with Crippen molar-refractivity contribution in [3.63, 3.8) is 0 Å². The third-order valence-electron chi connectivity index (χ3n) is 7.85. The minimum Gasteiger partial charge on any atom is -0.472 e. The van der Waals surface area contributed by atoms with E-state index in [0.717, 1.165) is 5.56 Å². The van der Waals surface area contributed by atoms with Crippen LogP contribution in [0.5, 0.6) is 0 Å². The highest BCUT2D eigenvalue weighted by molar-refractivity contribution is 5.94. The zero-order chi connectivity index (χ0) is 21.7. The molecule has 0 bridgehead atoms. The summed E-state index contributed by atoms with van der Waals surface area (Å²) in [4.78, 5) is 38.7. The minimum atomic E-state index is -0.764. The van der Waals surface area contributed by atoms with E-state index in [9.17, 15) is 14.4 Å². The summed E-state index contributed by atoms with van der Waals surface area (Å²) >= 11 is 0. The zero-order valence-electron chi connectivity index (χ0n) is 18.1. The number of hydrogen-bond donors (Lipinski definition) is 1. The summed E-state index contributed by atoms with van der Waals surface area (Å²) in [5.74, 6) is -1.01. The van der Waals surface area contributed by atoms with Crippen LogP contribution in [0.4, 0.5) is 0 Å². The van der Waals surface area contributed by atoms with Gasteiger partial charge in [0, 0.05) is 30.7 Å². The molecular weight excluding hydrogens is 386 g/mol. The first-order valence-electron chi connectivity index (χ1n) is 10.7. The van der Waals surface area contributed by atoms with Gasteiger partial charge < -0.3 is 19.2 Å². The van der Waals surface area contributed by atoms with Crippen LogP contribution in [0.15, 0.2) is 23.0 Å². The monoisotopic (exact) mass is 417 g/mol. The smallest absolute Gasteiger partial charge is 0.303 e. The molecule has 3 aliphatic rings. The maximum absolute atomic E-state index is 13.7. The predicted molar refractivity (Wildman–Crippen MR) is 107 cm³/mol. The van der Waals surface area contributed by atoms with Gasteiger partial charge in [0.05, 0.1) is 25.2 Å². The Bertz CT molecular complexity index is 835. The van der Waals surface area contributed by atoms with E-state index in [4.69, 9.17) is 13.9 Å². The van der Waals surface area contributed by atoms with E-state index in [1.165, 1.54) is 6.92 Å². The Morgan fingerprint density at radius 3 is 2.70 bits per heavy atom. The second-order valence-electron chi connectivity index (χ2n) is 9.71. The Labute approximate surface area is 176 Å². The molecule has 30 heavy (non-hydrogen) atoms. The Morgan fingerprint density at radius 1 is 1.30 bits per heavy atom. The second kappa shape index (κ2) is 7.61. The van der Waals surface area contributed by atoms with E-state index < -0.39 is 22.9 Å². The van der Waals surface area contributed by atoms with Gasteiger partial charge in [-0.2, -0.15) is 0 Å². The summed E-state index contributed by atoms with van der Waals surface area (Å²) in [5.41, 5.74) is -0.148. The highest BCUT2D eigenvalue weighted by atomic mass is 16.5. The number of Topliss-reactive ketones (excluding diaryl/α,β-unsaturated/α-hetero) is 2. The molecule has 1 N–H and O–H groups in total. The molecule has 0 spiro atoms. The molecule has 1 aliphatic heterocycles. The molecule has 2 saturated carbocycles. The summed E-state index contributed by atoms with van der Waals surface area (Å²) in [6.07, 6.45) is 3.61. The molecule has 164 valence electrons. The van der Waals surface area contributed by atoms with Crippen LogP contribution in [-0.2, 0) is 23.9 Å². The fraction of sp³-hybridized carbons (Fsp3) is 0.696. The van der Waals surface area contributed by atoms with Crippen molar-refractivity contribution in [2.24, 2.45) is 28.6 Å². The highest BCUT2D eigenvalue weighted by Crippen LogP contribution is 2.63. The molecule has 7 atom stereocenters. The lowest BCUT2D eigenvalue weighted by molar-refractivity contribution is -0.202. The van der Waals surface area contributed by atoms with Crippen LogP contribution in [-0.4, -0.2) is 43.8 Å².